The summed E-state index contributed by atoms with van der Waals surface area (Å²) in [5.74, 6) is 2.71. The number of fused-ring (bicyclic) bond motifs is 1. The summed E-state index contributed by atoms with van der Waals surface area (Å²) in [7, 11) is 0. The number of aromatic nitrogens is 4. The van der Waals surface area contributed by atoms with Crippen molar-refractivity contribution in [3.63, 3.8) is 0 Å². The smallest absolute Gasteiger partial charge is 0.232 e. The lowest BCUT2D eigenvalue weighted by atomic mass is 9.92. The Kier molecular flexibility index (Phi) is 4.81. The molecule has 3 aromatic rings. The van der Waals surface area contributed by atoms with Crippen molar-refractivity contribution in [1.29, 1.82) is 0 Å². The van der Waals surface area contributed by atoms with Crippen molar-refractivity contribution in [3.05, 3.63) is 45.9 Å². The van der Waals surface area contributed by atoms with Crippen molar-refractivity contribution in [1.82, 2.24) is 19.6 Å². The molecular formula is C21H26ClN5. The number of nitrogens with one attached hydrogen (secondary N) is 1. The average molecular weight is 384 g/mol. The number of aryl methyl sites for hydroxylation is 3. The van der Waals surface area contributed by atoms with E-state index in [9.17, 15) is 0 Å². The third-order valence-electron chi connectivity index (χ3n) is 5.37. The van der Waals surface area contributed by atoms with E-state index in [0.717, 1.165) is 34.2 Å². The molecule has 6 heteroatoms. The predicted octanol–water partition coefficient (Wildman–Crippen LogP) is 5.74. The molecule has 2 aromatic heterocycles. The highest BCUT2D eigenvalue weighted by molar-refractivity contribution is 6.33. The molecule has 2 heterocycles. The van der Waals surface area contributed by atoms with E-state index in [-0.39, 0.29) is 0 Å². The highest BCUT2D eigenvalue weighted by Crippen LogP contribution is 2.46. The van der Waals surface area contributed by atoms with Gasteiger partial charge < -0.3 is 5.32 Å². The fourth-order valence-electron chi connectivity index (χ4n) is 3.98. The van der Waals surface area contributed by atoms with Crippen LogP contribution in [-0.4, -0.2) is 19.6 Å². The number of halogens is 1. The molecule has 1 saturated carbocycles. The third kappa shape index (κ3) is 3.53. The normalized spacial score (nSPS) is 15.3. The first-order chi connectivity index (χ1) is 13.0. The van der Waals surface area contributed by atoms with Crippen LogP contribution in [0.1, 0.15) is 61.0 Å². The van der Waals surface area contributed by atoms with Gasteiger partial charge in [-0.05, 0) is 69.1 Å². The van der Waals surface area contributed by atoms with Gasteiger partial charge in [0.05, 0.1) is 16.9 Å². The van der Waals surface area contributed by atoms with Gasteiger partial charge in [-0.2, -0.15) is 14.6 Å². The van der Waals surface area contributed by atoms with E-state index in [4.69, 9.17) is 16.6 Å². The second-order valence-corrected chi connectivity index (χ2v) is 8.13. The molecule has 1 aromatic carbocycles. The van der Waals surface area contributed by atoms with Crippen molar-refractivity contribution in [2.75, 3.05) is 5.32 Å². The van der Waals surface area contributed by atoms with Gasteiger partial charge in [-0.1, -0.05) is 31.0 Å². The lowest BCUT2D eigenvalue weighted by molar-refractivity contribution is 0.552. The molecule has 0 spiro atoms. The quantitative estimate of drug-likeness (QED) is 0.589. The molecule has 0 amide bonds. The molecular weight excluding hydrogens is 358 g/mol. The maximum absolute atomic E-state index is 6.49. The van der Waals surface area contributed by atoms with Crippen molar-refractivity contribution >= 4 is 28.9 Å². The van der Waals surface area contributed by atoms with Crippen molar-refractivity contribution in [3.8, 4) is 0 Å². The first kappa shape index (κ1) is 18.2. The zero-order chi connectivity index (χ0) is 19.1. The Hall–Kier alpha value is -2.14. The maximum atomic E-state index is 6.49. The fraction of sp³-hybridized carbons (Fsp3) is 0.476. The van der Waals surface area contributed by atoms with Gasteiger partial charge in [-0.15, -0.1) is 0 Å². The summed E-state index contributed by atoms with van der Waals surface area (Å²) in [6, 6.07) is 4.07. The number of anilines is 2. The lowest BCUT2D eigenvalue weighted by Crippen LogP contribution is -2.09. The average Bonchev–Trinajstić information content (AvgIpc) is 3.36. The molecule has 1 N–H and O–H groups in total. The zero-order valence-electron chi connectivity index (χ0n) is 16.4. The topological polar surface area (TPSA) is 55.1 Å². The molecule has 27 heavy (non-hydrogen) atoms. The Bertz CT molecular complexity index is 967. The minimum absolute atomic E-state index is 0.541. The molecule has 0 bridgehead atoms. The summed E-state index contributed by atoms with van der Waals surface area (Å²) in [4.78, 5) is 9.33. The molecule has 0 aliphatic heterocycles. The Morgan fingerprint density at radius 2 is 2.00 bits per heavy atom. The van der Waals surface area contributed by atoms with E-state index in [1.807, 2.05) is 37.5 Å². The van der Waals surface area contributed by atoms with Crippen LogP contribution in [0.2, 0.25) is 5.02 Å². The molecule has 0 radical (unpaired) electrons. The van der Waals surface area contributed by atoms with E-state index in [1.54, 1.807) is 0 Å². The molecule has 1 aliphatic rings. The highest BCUT2D eigenvalue weighted by atomic mass is 35.5. The van der Waals surface area contributed by atoms with Crippen LogP contribution < -0.4 is 5.32 Å². The highest BCUT2D eigenvalue weighted by Gasteiger charge is 2.34. The monoisotopic (exact) mass is 383 g/mol. The molecule has 5 nitrogen and oxygen atoms in total. The molecule has 142 valence electrons. The molecule has 1 fully saturated rings. The van der Waals surface area contributed by atoms with Gasteiger partial charge in [-0.3, -0.25) is 0 Å². The first-order valence-corrected chi connectivity index (χ1v) is 10.1. The summed E-state index contributed by atoms with van der Waals surface area (Å²) in [6.45, 7) is 8.26. The summed E-state index contributed by atoms with van der Waals surface area (Å²) in [6.07, 6.45) is 6.97. The van der Waals surface area contributed by atoms with Gasteiger partial charge in [0.2, 0.25) is 5.95 Å². The van der Waals surface area contributed by atoms with Gasteiger partial charge in [0.25, 0.3) is 0 Å². The van der Waals surface area contributed by atoms with Crippen molar-refractivity contribution in [2.24, 2.45) is 5.92 Å². The molecule has 1 aliphatic carbocycles. The van der Waals surface area contributed by atoms with E-state index < -0.39 is 0 Å². The lowest BCUT2D eigenvalue weighted by Gasteiger charge is -2.15. The maximum Gasteiger partial charge on any atom is 0.232 e. The van der Waals surface area contributed by atoms with Crippen LogP contribution in [0.4, 0.5) is 11.6 Å². The van der Waals surface area contributed by atoms with Crippen LogP contribution in [0.3, 0.4) is 0 Å². The number of hydrogen-bond donors (Lipinski definition) is 1. The SMILES string of the molecule is CCCC(c1cnn2c(Nc3c(C)cc(C)cc3Cl)nc(C)nc12)C1CC1. The zero-order valence-corrected chi connectivity index (χ0v) is 17.1. The van der Waals surface area contributed by atoms with Crippen LogP contribution >= 0.6 is 11.6 Å². The Morgan fingerprint density at radius 3 is 2.67 bits per heavy atom. The van der Waals surface area contributed by atoms with Gasteiger partial charge in [-0.25, -0.2) is 4.98 Å². The Balaban J connectivity index is 1.78. The van der Waals surface area contributed by atoms with E-state index in [2.05, 4.69) is 28.4 Å². The van der Waals surface area contributed by atoms with E-state index >= 15 is 0 Å². The van der Waals surface area contributed by atoms with Crippen LogP contribution in [0.15, 0.2) is 18.3 Å². The minimum atomic E-state index is 0.541. The fourth-order valence-corrected chi connectivity index (χ4v) is 4.35. The second-order valence-electron chi connectivity index (χ2n) is 7.73. The predicted molar refractivity (Wildman–Crippen MR) is 110 cm³/mol. The number of nitrogens with zero attached hydrogens (tertiary/aromatic N) is 4. The molecule has 1 atom stereocenters. The second kappa shape index (κ2) is 7.12. The number of hydrogen-bond acceptors (Lipinski definition) is 4. The van der Waals surface area contributed by atoms with Crippen LogP contribution in [0.5, 0.6) is 0 Å². The summed E-state index contributed by atoms with van der Waals surface area (Å²) in [5.41, 5.74) is 5.25. The molecule has 0 saturated heterocycles. The van der Waals surface area contributed by atoms with Gasteiger partial charge >= 0.3 is 0 Å². The van der Waals surface area contributed by atoms with E-state index in [1.165, 1.54) is 31.2 Å². The van der Waals surface area contributed by atoms with Crippen molar-refractivity contribution in [2.45, 2.75) is 59.3 Å². The molecule has 1 unspecified atom stereocenters. The summed E-state index contributed by atoms with van der Waals surface area (Å²) < 4.78 is 1.82. The van der Waals surface area contributed by atoms with Crippen molar-refractivity contribution < 1.29 is 0 Å². The molecule has 4 rings (SSSR count). The Morgan fingerprint density at radius 1 is 1.22 bits per heavy atom. The van der Waals surface area contributed by atoms with Gasteiger partial charge in [0.1, 0.15) is 5.82 Å². The van der Waals surface area contributed by atoms with Gasteiger partial charge in [0.15, 0.2) is 5.65 Å². The largest absolute Gasteiger partial charge is 0.322 e. The van der Waals surface area contributed by atoms with Gasteiger partial charge in [0, 0.05) is 5.56 Å². The third-order valence-corrected chi connectivity index (χ3v) is 5.66. The Labute approximate surface area is 165 Å². The standard InChI is InChI=1S/C21H26ClN5/c1-5-6-16(15-7-8-15)17-11-23-27-20(17)24-14(4)25-21(27)26-19-13(3)9-12(2)10-18(19)22/h9-11,15-16H,5-8H2,1-4H3,(H,24,25,26). The van der Waals surface area contributed by atoms with Crippen LogP contribution in [0, 0.1) is 26.7 Å². The van der Waals surface area contributed by atoms with Crippen LogP contribution in [-0.2, 0) is 0 Å². The minimum Gasteiger partial charge on any atom is -0.322 e. The number of rotatable bonds is 6. The first-order valence-electron chi connectivity index (χ1n) is 9.74. The summed E-state index contributed by atoms with van der Waals surface area (Å²) in [5, 5.41) is 8.72. The van der Waals surface area contributed by atoms with Crippen LogP contribution in [0.25, 0.3) is 5.65 Å². The summed E-state index contributed by atoms with van der Waals surface area (Å²) >= 11 is 6.49. The van der Waals surface area contributed by atoms with E-state index in [0.29, 0.717) is 16.9 Å². The number of benzene rings is 1.